The molecule has 0 radical (unpaired) electrons. The fourth-order valence-corrected chi connectivity index (χ4v) is 2.33. The predicted molar refractivity (Wildman–Crippen MR) is 88.7 cm³/mol. The molecule has 1 aromatic carbocycles. The molecule has 1 amide bonds. The van der Waals surface area contributed by atoms with Crippen molar-refractivity contribution >= 4 is 35.1 Å². The molecule has 0 bridgehead atoms. The molecule has 0 saturated carbocycles. The van der Waals surface area contributed by atoms with Crippen LogP contribution in [0, 0.1) is 0 Å². The van der Waals surface area contributed by atoms with Gasteiger partial charge in [-0.15, -0.1) is 0 Å². The number of aryl methyl sites for hydroxylation is 1. The Hall–Kier alpha value is -1.98. The Morgan fingerprint density at radius 2 is 2.00 bits per heavy atom. The largest absolute Gasteiger partial charge is 0.451 e. The van der Waals surface area contributed by atoms with E-state index in [1.807, 2.05) is 0 Å². The first kappa shape index (κ1) is 17.4. The average Bonchev–Trinajstić information content (AvgIpc) is 2.93. The maximum absolute atomic E-state index is 11.9. The lowest BCUT2D eigenvalue weighted by Crippen LogP contribution is -2.31. The van der Waals surface area contributed by atoms with Gasteiger partial charge < -0.3 is 14.6 Å². The molecular weight excluding hydrogens is 339 g/mol. The summed E-state index contributed by atoms with van der Waals surface area (Å²) >= 11 is 11.8. The van der Waals surface area contributed by atoms with E-state index >= 15 is 0 Å². The van der Waals surface area contributed by atoms with E-state index in [0.29, 0.717) is 15.7 Å². The number of amides is 1. The highest BCUT2D eigenvalue weighted by molar-refractivity contribution is 6.42. The van der Waals surface area contributed by atoms with Gasteiger partial charge in [0.2, 0.25) is 0 Å². The number of hydrogen-bond donors (Lipinski definition) is 1. The zero-order valence-corrected chi connectivity index (χ0v) is 14.2. The van der Waals surface area contributed by atoms with Crippen LogP contribution >= 0.6 is 23.2 Å². The van der Waals surface area contributed by atoms with Gasteiger partial charge in [-0.1, -0.05) is 29.3 Å². The Labute approximate surface area is 144 Å². The van der Waals surface area contributed by atoms with E-state index < -0.39 is 11.9 Å². The third kappa shape index (κ3) is 4.50. The summed E-state index contributed by atoms with van der Waals surface area (Å²) in [5.41, 5.74) is 1.19. The van der Waals surface area contributed by atoms with Crippen LogP contribution < -0.4 is 5.32 Å². The summed E-state index contributed by atoms with van der Waals surface area (Å²) in [6.07, 6.45) is 1.73. The van der Waals surface area contributed by atoms with Crippen LogP contribution in [0.15, 0.2) is 36.5 Å². The zero-order chi connectivity index (χ0) is 17.0. The van der Waals surface area contributed by atoms with Crippen molar-refractivity contribution in [2.24, 2.45) is 7.05 Å². The smallest absolute Gasteiger partial charge is 0.355 e. The summed E-state index contributed by atoms with van der Waals surface area (Å²) in [5.74, 6) is -0.944. The van der Waals surface area contributed by atoms with E-state index in [2.05, 4.69) is 5.32 Å². The van der Waals surface area contributed by atoms with Crippen LogP contribution in [-0.4, -0.2) is 23.1 Å². The molecule has 0 unspecified atom stereocenters. The normalized spacial score (nSPS) is 11.8. The van der Waals surface area contributed by atoms with Crippen molar-refractivity contribution in [2.75, 3.05) is 6.61 Å². The van der Waals surface area contributed by atoms with Gasteiger partial charge in [0.15, 0.2) is 6.61 Å². The summed E-state index contributed by atoms with van der Waals surface area (Å²) in [6, 6.07) is 8.18. The van der Waals surface area contributed by atoms with E-state index in [-0.39, 0.29) is 12.6 Å². The van der Waals surface area contributed by atoms with Gasteiger partial charge in [0.05, 0.1) is 16.1 Å². The molecule has 0 saturated heterocycles. The van der Waals surface area contributed by atoms with Crippen molar-refractivity contribution in [2.45, 2.75) is 13.0 Å². The molecule has 2 aromatic rings. The molecule has 1 N–H and O–H groups in total. The van der Waals surface area contributed by atoms with Crippen LogP contribution in [0.4, 0.5) is 0 Å². The number of esters is 1. The quantitative estimate of drug-likeness (QED) is 0.837. The minimum Gasteiger partial charge on any atom is -0.451 e. The highest BCUT2D eigenvalue weighted by Crippen LogP contribution is 2.25. The number of halogens is 2. The molecule has 122 valence electrons. The topological polar surface area (TPSA) is 60.3 Å². The Morgan fingerprint density at radius 3 is 2.61 bits per heavy atom. The minimum absolute atomic E-state index is 0.286. The number of carbonyl (C=O) groups is 2. The monoisotopic (exact) mass is 354 g/mol. The number of benzene rings is 1. The maximum Gasteiger partial charge on any atom is 0.355 e. The van der Waals surface area contributed by atoms with Gasteiger partial charge in [0, 0.05) is 13.2 Å². The van der Waals surface area contributed by atoms with Crippen molar-refractivity contribution in [1.82, 2.24) is 9.88 Å². The molecule has 0 aliphatic rings. The summed E-state index contributed by atoms with van der Waals surface area (Å²) in [6.45, 7) is 1.45. The number of nitrogens with one attached hydrogen (secondary N) is 1. The van der Waals surface area contributed by atoms with E-state index in [0.717, 1.165) is 5.56 Å². The van der Waals surface area contributed by atoms with E-state index in [1.54, 1.807) is 55.1 Å². The number of aromatic nitrogens is 1. The fourth-order valence-electron chi connectivity index (χ4n) is 2.03. The standard InChI is InChI=1S/C16H16Cl2N2O3/c1-10(11-5-6-12(17)13(18)8-11)19-15(21)9-23-16(22)14-4-3-7-20(14)2/h3-8,10H,9H2,1-2H3,(H,19,21)/t10-/m0/s1. The second kappa shape index (κ2) is 7.53. The van der Waals surface area contributed by atoms with Crippen LogP contribution in [0.5, 0.6) is 0 Å². The molecule has 5 nitrogen and oxygen atoms in total. The third-order valence-electron chi connectivity index (χ3n) is 3.31. The Bertz CT molecular complexity index is 728. The minimum atomic E-state index is -0.546. The maximum atomic E-state index is 11.9. The highest BCUT2D eigenvalue weighted by atomic mass is 35.5. The lowest BCUT2D eigenvalue weighted by Gasteiger charge is -2.15. The lowest BCUT2D eigenvalue weighted by atomic mass is 10.1. The summed E-state index contributed by atoms with van der Waals surface area (Å²) in [7, 11) is 1.73. The van der Waals surface area contributed by atoms with Crippen molar-refractivity contribution in [1.29, 1.82) is 0 Å². The van der Waals surface area contributed by atoms with Crippen molar-refractivity contribution in [3.8, 4) is 0 Å². The average molecular weight is 355 g/mol. The van der Waals surface area contributed by atoms with Crippen LogP contribution in [0.1, 0.15) is 29.0 Å². The Morgan fingerprint density at radius 1 is 1.26 bits per heavy atom. The third-order valence-corrected chi connectivity index (χ3v) is 4.05. The van der Waals surface area contributed by atoms with E-state index in [9.17, 15) is 9.59 Å². The number of hydrogen-bond acceptors (Lipinski definition) is 3. The first-order chi connectivity index (χ1) is 10.9. The molecule has 0 spiro atoms. The molecule has 0 fully saturated rings. The fraction of sp³-hybridized carbons (Fsp3) is 0.250. The van der Waals surface area contributed by atoms with Gasteiger partial charge in [-0.3, -0.25) is 4.79 Å². The predicted octanol–water partition coefficient (Wildman–Crippen LogP) is 3.37. The number of carbonyl (C=O) groups excluding carboxylic acids is 2. The Kier molecular flexibility index (Phi) is 5.69. The van der Waals surface area contributed by atoms with Crippen LogP contribution in [0.3, 0.4) is 0 Å². The molecule has 2 rings (SSSR count). The molecule has 1 aromatic heterocycles. The van der Waals surface area contributed by atoms with Crippen LogP contribution in [0.25, 0.3) is 0 Å². The first-order valence-corrected chi connectivity index (χ1v) is 7.67. The second-order valence-corrected chi connectivity index (χ2v) is 5.86. The zero-order valence-electron chi connectivity index (χ0n) is 12.7. The van der Waals surface area contributed by atoms with Gasteiger partial charge in [0.1, 0.15) is 5.69 Å². The van der Waals surface area contributed by atoms with Gasteiger partial charge in [-0.25, -0.2) is 4.79 Å². The van der Waals surface area contributed by atoms with Gasteiger partial charge in [0.25, 0.3) is 5.91 Å². The van der Waals surface area contributed by atoms with Gasteiger partial charge in [-0.2, -0.15) is 0 Å². The first-order valence-electron chi connectivity index (χ1n) is 6.91. The summed E-state index contributed by atoms with van der Waals surface area (Å²) < 4.78 is 6.61. The number of rotatable bonds is 5. The van der Waals surface area contributed by atoms with Crippen molar-refractivity contribution in [3.63, 3.8) is 0 Å². The Balaban J connectivity index is 1.88. The molecule has 1 heterocycles. The molecular formula is C16H16Cl2N2O3. The van der Waals surface area contributed by atoms with Gasteiger partial charge >= 0.3 is 5.97 Å². The molecule has 23 heavy (non-hydrogen) atoms. The second-order valence-electron chi connectivity index (χ2n) is 5.04. The van der Waals surface area contributed by atoms with Gasteiger partial charge in [-0.05, 0) is 36.8 Å². The highest BCUT2D eigenvalue weighted by Gasteiger charge is 2.15. The van der Waals surface area contributed by atoms with Crippen molar-refractivity contribution < 1.29 is 14.3 Å². The SMILES string of the molecule is C[C@H](NC(=O)COC(=O)c1cccn1C)c1ccc(Cl)c(Cl)c1. The van der Waals surface area contributed by atoms with Crippen molar-refractivity contribution in [3.05, 3.63) is 57.8 Å². The van der Waals surface area contributed by atoms with E-state index in [1.165, 1.54) is 0 Å². The number of ether oxygens (including phenoxy) is 1. The summed E-state index contributed by atoms with van der Waals surface area (Å²) in [4.78, 5) is 23.7. The number of nitrogens with zero attached hydrogens (tertiary/aromatic N) is 1. The molecule has 1 atom stereocenters. The van der Waals surface area contributed by atoms with E-state index in [4.69, 9.17) is 27.9 Å². The molecule has 0 aliphatic heterocycles. The molecule has 7 heteroatoms. The molecule has 0 aliphatic carbocycles. The lowest BCUT2D eigenvalue weighted by molar-refractivity contribution is -0.124. The van der Waals surface area contributed by atoms with Crippen LogP contribution in [-0.2, 0) is 16.6 Å². The van der Waals surface area contributed by atoms with Crippen LogP contribution in [0.2, 0.25) is 10.0 Å². The summed E-state index contributed by atoms with van der Waals surface area (Å²) in [5, 5.41) is 3.60.